The van der Waals surface area contributed by atoms with Gasteiger partial charge in [0.25, 0.3) is 11.6 Å². The van der Waals surface area contributed by atoms with Crippen molar-refractivity contribution in [3.8, 4) is 0 Å². The van der Waals surface area contributed by atoms with Gasteiger partial charge in [0.1, 0.15) is 0 Å². The van der Waals surface area contributed by atoms with E-state index in [0.29, 0.717) is 10.2 Å². The number of carbonyl (C=O) groups is 1. The summed E-state index contributed by atoms with van der Waals surface area (Å²) >= 11 is 12.4. The molecule has 0 fully saturated rings. The molecule has 1 aromatic heterocycles. The second kappa shape index (κ2) is 7.09. The van der Waals surface area contributed by atoms with Crippen LogP contribution in [-0.4, -0.2) is 20.9 Å². The van der Waals surface area contributed by atoms with Crippen molar-refractivity contribution in [2.45, 2.75) is 0 Å². The SMILES string of the molecule is O=C(NC(=S)Nc1nc2ccc(Cl)cc2s1)c1ccc([N+](=O)[O-])cc1. The summed E-state index contributed by atoms with van der Waals surface area (Å²) in [6.07, 6.45) is 0. The third-order valence-electron chi connectivity index (χ3n) is 3.14. The Morgan fingerprint density at radius 2 is 1.96 bits per heavy atom. The molecule has 0 aliphatic rings. The molecular formula is C15H9ClN4O3S2. The molecule has 0 unspecified atom stereocenters. The molecule has 3 aromatic rings. The van der Waals surface area contributed by atoms with Gasteiger partial charge in [-0.2, -0.15) is 0 Å². The highest BCUT2D eigenvalue weighted by atomic mass is 35.5. The number of nitrogens with one attached hydrogen (secondary N) is 2. The Balaban J connectivity index is 1.66. The van der Waals surface area contributed by atoms with E-state index in [0.717, 1.165) is 10.2 Å². The van der Waals surface area contributed by atoms with Crippen LogP contribution in [0.3, 0.4) is 0 Å². The van der Waals surface area contributed by atoms with Crippen molar-refractivity contribution in [1.82, 2.24) is 10.3 Å². The number of aromatic nitrogens is 1. The molecule has 3 rings (SSSR count). The van der Waals surface area contributed by atoms with E-state index >= 15 is 0 Å². The molecule has 2 aromatic carbocycles. The zero-order chi connectivity index (χ0) is 18.0. The zero-order valence-corrected chi connectivity index (χ0v) is 14.7. The number of non-ortho nitro benzene ring substituents is 1. The van der Waals surface area contributed by atoms with E-state index in [4.69, 9.17) is 23.8 Å². The topological polar surface area (TPSA) is 97.2 Å². The van der Waals surface area contributed by atoms with Crippen LogP contribution in [0.4, 0.5) is 10.8 Å². The number of fused-ring (bicyclic) bond motifs is 1. The van der Waals surface area contributed by atoms with Crippen molar-refractivity contribution in [2.24, 2.45) is 0 Å². The molecule has 7 nitrogen and oxygen atoms in total. The normalized spacial score (nSPS) is 10.4. The van der Waals surface area contributed by atoms with E-state index in [-0.39, 0.29) is 16.4 Å². The summed E-state index contributed by atoms with van der Waals surface area (Å²) in [5.74, 6) is -0.475. The maximum absolute atomic E-state index is 12.1. The van der Waals surface area contributed by atoms with E-state index in [1.807, 2.05) is 0 Å². The van der Waals surface area contributed by atoms with E-state index in [9.17, 15) is 14.9 Å². The third-order valence-corrected chi connectivity index (χ3v) is 4.51. The van der Waals surface area contributed by atoms with Gasteiger partial charge in [-0.1, -0.05) is 22.9 Å². The lowest BCUT2D eigenvalue weighted by Crippen LogP contribution is -2.34. The molecule has 0 radical (unpaired) electrons. The summed E-state index contributed by atoms with van der Waals surface area (Å²) in [7, 11) is 0. The third kappa shape index (κ3) is 4.08. The van der Waals surface area contributed by atoms with Gasteiger partial charge in [-0.25, -0.2) is 4.98 Å². The van der Waals surface area contributed by atoms with E-state index < -0.39 is 10.8 Å². The van der Waals surface area contributed by atoms with Gasteiger partial charge >= 0.3 is 0 Å². The number of hydrogen-bond acceptors (Lipinski definition) is 6. The van der Waals surface area contributed by atoms with Gasteiger partial charge in [0.05, 0.1) is 15.1 Å². The number of benzene rings is 2. The average Bonchev–Trinajstić information content (AvgIpc) is 2.95. The number of rotatable bonds is 3. The Labute approximate surface area is 155 Å². The van der Waals surface area contributed by atoms with Crippen LogP contribution < -0.4 is 10.6 Å². The van der Waals surface area contributed by atoms with Crippen LogP contribution in [0.5, 0.6) is 0 Å². The minimum absolute atomic E-state index is 0.0773. The number of nitro groups is 1. The number of nitrogens with zero attached hydrogens (tertiary/aromatic N) is 2. The van der Waals surface area contributed by atoms with Crippen LogP contribution in [0.25, 0.3) is 10.2 Å². The lowest BCUT2D eigenvalue weighted by Gasteiger charge is -2.06. The molecule has 0 saturated carbocycles. The molecule has 2 N–H and O–H groups in total. The minimum Gasteiger partial charge on any atom is -0.308 e. The first kappa shape index (κ1) is 17.2. The Kier molecular flexibility index (Phi) is 4.88. The summed E-state index contributed by atoms with van der Waals surface area (Å²) in [5, 5.41) is 17.2. The molecule has 25 heavy (non-hydrogen) atoms. The summed E-state index contributed by atoms with van der Waals surface area (Å²) in [6, 6.07) is 10.5. The van der Waals surface area contributed by atoms with Crippen LogP contribution in [0.1, 0.15) is 10.4 Å². The second-order valence-corrected chi connectivity index (χ2v) is 6.72. The van der Waals surface area contributed by atoms with Gasteiger partial charge in [-0.05, 0) is 42.5 Å². The van der Waals surface area contributed by atoms with Crippen molar-refractivity contribution in [3.63, 3.8) is 0 Å². The Bertz CT molecular complexity index is 988. The predicted octanol–water partition coefficient (Wildman–Crippen LogP) is 3.98. The molecule has 0 saturated heterocycles. The lowest BCUT2D eigenvalue weighted by molar-refractivity contribution is -0.384. The molecule has 1 heterocycles. The maximum atomic E-state index is 12.1. The summed E-state index contributed by atoms with van der Waals surface area (Å²) < 4.78 is 0.888. The van der Waals surface area contributed by atoms with Crippen molar-refractivity contribution in [1.29, 1.82) is 0 Å². The molecule has 0 spiro atoms. The fraction of sp³-hybridized carbons (Fsp3) is 0. The lowest BCUT2D eigenvalue weighted by atomic mass is 10.2. The minimum atomic E-state index is -0.534. The largest absolute Gasteiger partial charge is 0.308 e. The molecule has 126 valence electrons. The van der Waals surface area contributed by atoms with Gasteiger partial charge in [0.15, 0.2) is 10.2 Å². The highest BCUT2D eigenvalue weighted by Gasteiger charge is 2.12. The number of hydrogen-bond donors (Lipinski definition) is 2. The average molecular weight is 393 g/mol. The summed E-state index contributed by atoms with van der Waals surface area (Å²) in [6.45, 7) is 0. The monoisotopic (exact) mass is 392 g/mol. The number of thiazole rings is 1. The number of nitro benzene ring substituents is 1. The Morgan fingerprint density at radius 3 is 2.64 bits per heavy atom. The zero-order valence-electron chi connectivity index (χ0n) is 12.4. The van der Waals surface area contributed by atoms with Crippen molar-refractivity contribution in [2.75, 3.05) is 5.32 Å². The van der Waals surface area contributed by atoms with Crippen LogP contribution in [0.2, 0.25) is 5.02 Å². The summed E-state index contributed by atoms with van der Waals surface area (Å²) in [4.78, 5) is 26.5. The first-order chi connectivity index (χ1) is 11.9. The van der Waals surface area contributed by atoms with E-state index in [2.05, 4.69) is 15.6 Å². The standard InChI is InChI=1S/C15H9ClN4O3S2/c16-9-3-6-11-12(7-9)25-15(17-11)19-14(24)18-13(21)8-1-4-10(5-2-8)20(22)23/h1-7H,(H2,17,18,19,21,24). The van der Waals surface area contributed by atoms with Crippen molar-refractivity contribution in [3.05, 3.63) is 63.2 Å². The highest BCUT2D eigenvalue weighted by Crippen LogP contribution is 2.28. The fourth-order valence-electron chi connectivity index (χ4n) is 1.99. The van der Waals surface area contributed by atoms with Crippen LogP contribution in [-0.2, 0) is 0 Å². The van der Waals surface area contributed by atoms with Crippen LogP contribution in [0.15, 0.2) is 42.5 Å². The van der Waals surface area contributed by atoms with Gasteiger partial charge in [-0.15, -0.1) is 0 Å². The van der Waals surface area contributed by atoms with Gasteiger partial charge in [-0.3, -0.25) is 20.2 Å². The fourth-order valence-corrected chi connectivity index (χ4v) is 3.39. The van der Waals surface area contributed by atoms with E-state index in [1.54, 1.807) is 18.2 Å². The van der Waals surface area contributed by atoms with Crippen LogP contribution in [0, 0.1) is 10.1 Å². The van der Waals surface area contributed by atoms with E-state index in [1.165, 1.54) is 35.6 Å². The van der Waals surface area contributed by atoms with Gasteiger partial charge < -0.3 is 5.32 Å². The molecule has 0 aliphatic heterocycles. The molecular weight excluding hydrogens is 384 g/mol. The number of carbonyl (C=O) groups excluding carboxylic acids is 1. The van der Waals surface area contributed by atoms with Crippen LogP contribution >= 0.6 is 35.2 Å². The van der Waals surface area contributed by atoms with Crippen molar-refractivity contribution < 1.29 is 9.72 Å². The molecule has 0 atom stereocenters. The smallest absolute Gasteiger partial charge is 0.269 e. The first-order valence-electron chi connectivity index (χ1n) is 6.85. The van der Waals surface area contributed by atoms with Gasteiger partial charge in [0, 0.05) is 22.7 Å². The number of halogens is 1. The maximum Gasteiger partial charge on any atom is 0.269 e. The molecule has 10 heteroatoms. The molecule has 0 aliphatic carbocycles. The molecule has 0 bridgehead atoms. The summed E-state index contributed by atoms with van der Waals surface area (Å²) in [5.41, 5.74) is 0.928. The Morgan fingerprint density at radius 1 is 1.24 bits per heavy atom. The number of thiocarbonyl (C=S) groups is 1. The number of amides is 1. The quantitative estimate of drug-likeness (QED) is 0.397. The number of anilines is 1. The Hall–Kier alpha value is -2.62. The molecule has 1 amide bonds. The predicted molar refractivity (Wildman–Crippen MR) is 101 cm³/mol. The second-order valence-electron chi connectivity index (χ2n) is 4.84. The first-order valence-corrected chi connectivity index (χ1v) is 8.45. The highest BCUT2D eigenvalue weighted by molar-refractivity contribution is 7.80. The van der Waals surface area contributed by atoms with Gasteiger partial charge in [0.2, 0.25) is 0 Å². The van der Waals surface area contributed by atoms with Crippen molar-refractivity contribution >= 4 is 67.2 Å².